The maximum absolute atomic E-state index is 11.8. The minimum atomic E-state index is -0.0304. The van der Waals surface area contributed by atoms with E-state index in [4.69, 9.17) is 14.9 Å². The van der Waals surface area contributed by atoms with Crippen LogP contribution in [0.3, 0.4) is 0 Å². The van der Waals surface area contributed by atoms with E-state index in [2.05, 4.69) is 26.7 Å². The van der Waals surface area contributed by atoms with Gasteiger partial charge in [-0.2, -0.15) is 4.98 Å². The Morgan fingerprint density at radius 1 is 1.23 bits per heavy atom. The number of nitrogens with zero attached hydrogens (tertiary/aromatic N) is 4. The first kappa shape index (κ1) is 21.4. The molecule has 0 spiro atoms. The van der Waals surface area contributed by atoms with Gasteiger partial charge in [0.05, 0.1) is 19.3 Å². The number of rotatable bonds is 3. The molecule has 0 bridgehead atoms. The lowest BCUT2D eigenvalue weighted by atomic mass is 10.2. The van der Waals surface area contributed by atoms with Crippen LogP contribution in [0.25, 0.3) is 11.1 Å². The van der Waals surface area contributed by atoms with Crippen molar-refractivity contribution in [3.05, 3.63) is 48.1 Å². The Morgan fingerprint density at radius 3 is 2.70 bits per heavy atom. The highest BCUT2D eigenvalue weighted by molar-refractivity contribution is 5.92. The SMILES string of the molecule is COc1ccc(N2CCN(C(=O)CN)CC2)c2oc(C#Cc3cccnc3)nc12.Cl. The third-order valence-electron chi connectivity index (χ3n) is 4.83. The van der Waals surface area contributed by atoms with Crippen LogP contribution in [0.1, 0.15) is 11.5 Å². The summed E-state index contributed by atoms with van der Waals surface area (Å²) in [6.07, 6.45) is 3.38. The summed E-state index contributed by atoms with van der Waals surface area (Å²) in [5, 5.41) is 0. The molecule has 2 aromatic heterocycles. The number of amides is 1. The monoisotopic (exact) mass is 427 g/mol. The van der Waals surface area contributed by atoms with Crippen molar-refractivity contribution < 1.29 is 13.9 Å². The van der Waals surface area contributed by atoms with Crippen LogP contribution in [0.5, 0.6) is 5.75 Å². The van der Waals surface area contributed by atoms with E-state index in [1.165, 1.54) is 0 Å². The molecule has 1 aromatic carbocycles. The van der Waals surface area contributed by atoms with Crippen molar-refractivity contribution >= 4 is 35.1 Å². The van der Waals surface area contributed by atoms with Gasteiger partial charge >= 0.3 is 0 Å². The molecule has 8 nitrogen and oxygen atoms in total. The predicted molar refractivity (Wildman–Crippen MR) is 116 cm³/mol. The zero-order valence-electron chi connectivity index (χ0n) is 16.5. The normalized spacial score (nSPS) is 13.4. The summed E-state index contributed by atoms with van der Waals surface area (Å²) in [6, 6.07) is 7.52. The van der Waals surface area contributed by atoms with Crippen molar-refractivity contribution in [3.63, 3.8) is 0 Å². The highest BCUT2D eigenvalue weighted by Crippen LogP contribution is 2.34. The zero-order valence-corrected chi connectivity index (χ0v) is 17.3. The number of methoxy groups -OCH3 is 1. The molecule has 1 aliphatic rings. The number of piperazine rings is 1. The van der Waals surface area contributed by atoms with E-state index in [1.807, 2.05) is 24.3 Å². The van der Waals surface area contributed by atoms with E-state index >= 15 is 0 Å². The Balaban J connectivity index is 0.00000256. The summed E-state index contributed by atoms with van der Waals surface area (Å²) in [5.41, 5.74) is 8.40. The number of benzene rings is 1. The van der Waals surface area contributed by atoms with Crippen molar-refractivity contribution in [1.82, 2.24) is 14.9 Å². The molecule has 9 heteroatoms. The van der Waals surface area contributed by atoms with Crippen molar-refractivity contribution in [2.75, 3.05) is 44.7 Å². The molecule has 0 atom stereocenters. The second-order valence-corrected chi connectivity index (χ2v) is 6.55. The summed E-state index contributed by atoms with van der Waals surface area (Å²) >= 11 is 0. The van der Waals surface area contributed by atoms with Crippen LogP contribution < -0.4 is 15.4 Å². The molecular weight excluding hydrogens is 406 g/mol. The van der Waals surface area contributed by atoms with Crippen molar-refractivity contribution in [1.29, 1.82) is 0 Å². The molecule has 1 aliphatic heterocycles. The van der Waals surface area contributed by atoms with E-state index in [0.29, 0.717) is 48.9 Å². The molecule has 1 fully saturated rings. The third-order valence-corrected chi connectivity index (χ3v) is 4.83. The average molecular weight is 428 g/mol. The number of oxazole rings is 1. The van der Waals surface area contributed by atoms with Crippen LogP contribution >= 0.6 is 12.4 Å². The first-order valence-corrected chi connectivity index (χ1v) is 9.32. The maximum atomic E-state index is 11.8. The molecule has 156 valence electrons. The topological polar surface area (TPSA) is 97.7 Å². The van der Waals surface area contributed by atoms with Gasteiger partial charge in [-0.3, -0.25) is 9.78 Å². The van der Waals surface area contributed by atoms with Gasteiger partial charge in [0.2, 0.25) is 5.91 Å². The summed E-state index contributed by atoms with van der Waals surface area (Å²) in [5.74, 6) is 6.86. The Kier molecular flexibility index (Phi) is 6.77. The fourth-order valence-electron chi connectivity index (χ4n) is 3.33. The standard InChI is InChI=1S/C21H21N5O3.ClH/c1-28-17-6-5-16(25-9-11-26(12-10-25)19(27)13-22)21-20(17)24-18(29-21)7-4-15-3-2-8-23-14-15;/h2-3,5-6,8,14H,9-13,22H2,1H3;1H. The number of halogens is 1. The molecular formula is C21H22ClN5O3. The van der Waals surface area contributed by atoms with Crippen molar-refractivity contribution in [2.24, 2.45) is 5.73 Å². The number of nitrogens with two attached hydrogens (primary N) is 1. The van der Waals surface area contributed by atoms with E-state index in [9.17, 15) is 4.79 Å². The molecule has 0 unspecified atom stereocenters. The number of fused-ring (bicyclic) bond motifs is 1. The van der Waals surface area contributed by atoms with Gasteiger partial charge in [0.15, 0.2) is 11.1 Å². The van der Waals surface area contributed by atoms with E-state index in [1.54, 1.807) is 24.4 Å². The fourth-order valence-corrected chi connectivity index (χ4v) is 3.33. The molecule has 4 rings (SSSR count). The van der Waals surface area contributed by atoms with Crippen LogP contribution in [-0.2, 0) is 4.79 Å². The van der Waals surface area contributed by atoms with Crippen LogP contribution in [0, 0.1) is 11.8 Å². The van der Waals surface area contributed by atoms with Crippen LogP contribution in [0.15, 0.2) is 41.1 Å². The second kappa shape index (κ2) is 9.48. The Bertz CT molecular complexity index is 1080. The molecule has 0 radical (unpaired) electrons. The summed E-state index contributed by atoms with van der Waals surface area (Å²) in [7, 11) is 1.60. The Labute approximate surface area is 180 Å². The van der Waals surface area contributed by atoms with E-state index in [0.717, 1.165) is 11.3 Å². The summed E-state index contributed by atoms with van der Waals surface area (Å²) in [4.78, 5) is 24.3. The van der Waals surface area contributed by atoms with Gasteiger partial charge in [-0.25, -0.2) is 0 Å². The van der Waals surface area contributed by atoms with Crippen molar-refractivity contribution in [3.8, 4) is 17.6 Å². The number of aromatic nitrogens is 2. The van der Waals surface area contributed by atoms with Gasteiger partial charge in [0.1, 0.15) is 5.75 Å². The van der Waals surface area contributed by atoms with Crippen LogP contribution in [-0.4, -0.2) is 60.6 Å². The molecule has 0 aliphatic carbocycles. The van der Waals surface area contributed by atoms with Gasteiger partial charge in [0, 0.05) is 44.1 Å². The van der Waals surface area contributed by atoms with Gasteiger partial charge < -0.3 is 24.7 Å². The minimum absolute atomic E-state index is 0. The quantitative estimate of drug-likeness (QED) is 0.635. The van der Waals surface area contributed by atoms with Crippen LogP contribution in [0.4, 0.5) is 5.69 Å². The molecule has 3 heterocycles. The van der Waals surface area contributed by atoms with Crippen molar-refractivity contribution in [2.45, 2.75) is 0 Å². The average Bonchev–Trinajstić information content (AvgIpc) is 3.21. The smallest absolute Gasteiger partial charge is 0.274 e. The first-order valence-electron chi connectivity index (χ1n) is 9.32. The number of hydrogen-bond acceptors (Lipinski definition) is 7. The number of carbonyl (C=O) groups excluding carboxylic acids is 1. The van der Waals surface area contributed by atoms with Gasteiger partial charge in [0.25, 0.3) is 5.89 Å². The number of anilines is 1. The molecule has 2 N–H and O–H groups in total. The lowest BCUT2D eigenvalue weighted by molar-refractivity contribution is -0.129. The first-order chi connectivity index (χ1) is 14.2. The lowest BCUT2D eigenvalue weighted by Crippen LogP contribution is -2.50. The number of ether oxygens (including phenoxy) is 1. The highest BCUT2D eigenvalue weighted by Gasteiger charge is 2.24. The highest BCUT2D eigenvalue weighted by atomic mass is 35.5. The molecule has 30 heavy (non-hydrogen) atoms. The van der Waals surface area contributed by atoms with E-state index in [-0.39, 0.29) is 24.9 Å². The fraction of sp³-hybridized carbons (Fsp3) is 0.286. The Hall–Kier alpha value is -3.28. The predicted octanol–water partition coefficient (Wildman–Crippen LogP) is 1.66. The number of pyridine rings is 1. The third kappa shape index (κ3) is 4.32. The van der Waals surface area contributed by atoms with Gasteiger partial charge in [-0.15, -0.1) is 12.4 Å². The van der Waals surface area contributed by atoms with Crippen LogP contribution in [0.2, 0.25) is 0 Å². The molecule has 3 aromatic rings. The number of carbonyl (C=O) groups is 1. The van der Waals surface area contributed by atoms with Gasteiger partial charge in [-0.1, -0.05) is 5.92 Å². The van der Waals surface area contributed by atoms with Gasteiger partial charge in [-0.05, 0) is 30.2 Å². The maximum Gasteiger partial charge on any atom is 0.274 e. The zero-order chi connectivity index (χ0) is 20.2. The molecule has 0 saturated carbocycles. The minimum Gasteiger partial charge on any atom is -0.494 e. The Morgan fingerprint density at radius 2 is 2.03 bits per heavy atom. The summed E-state index contributed by atoms with van der Waals surface area (Å²) < 4.78 is 11.4. The van der Waals surface area contributed by atoms with E-state index < -0.39 is 0 Å². The lowest BCUT2D eigenvalue weighted by Gasteiger charge is -2.35. The number of hydrogen-bond donors (Lipinski definition) is 1. The second-order valence-electron chi connectivity index (χ2n) is 6.55. The largest absolute Gasteiger partial charge is 0.494 e. The summed E-state index contributed by atoms with van der Waals surface area (Å²) in [6.45, 7) is 2.64. The molecule has 1 saturated heterocycles. The molecule has 1 amide bonds.